The number of fused-ring (bicyclic) bond motifs is 2. The van der Waals surface area contributed by atoms with Gasteiger partial charge in [0.25, 0.3) is 0 Å². The van der Waals surface area contributed by atoms with Crippen molar-refractivity contribution in [2.45, 2.75) is 49.3 Å². The highest BCUT2D eigenvalue weighted by atomic mass is 35.5. The van der Waals surface area contributed by atoms with E-state index in [2.05, 4.69) is 19.9 Å². The Morgan fingerprint density at radius 2 is 2.02 bits per heavy atom. The van der Waals surface area contributed by atoms with Crippen LogP contribution in [0.25, 0.3) is 22.2 Å². The molecule has 3 saturated heterocycles. The van der Waals surface area contributed by atoms with Crippen molar-refractivity contribution in [3.05, 3.63) is 28.5 Å². The van der Waals surface area contributed by atoms with Gasteiger partial charge in [0.15, 0.2) is 5.82 Å². The highest BCUT2D eigenvalue weighted by Crippen LogP contribution is 2.47. The van der Waals surface area contributed by atoms with E-state index < -0.39 is 51.7 Å². The fourth-order valence-electron chi connectivity index (χ4n) is 6.73. The third-order valence-electron chi connectivity index (χ3n) is 8.69. The molecule has 0 saturated carbocycles. The number of benzene rings is 1. The molecule has 3 aromatic rings. The van der Waals surface area contributed by atoms with Gasteiger partial charge in [0.2, 0.25) is 5.88 Å². The van der Waals surface area contributed by atoms with Crippen molar-refractivity contribution in [1.82, 2.24) is 19.9 Å². The quantitative estimate of drug-likeness (QED) is 0.334. The van der Waals surface area contributed by atoms with E-state index in [1.807, 2.05) is 0 Å². The molecule has 2 aromatic heterocycles. The second kappa shape index (κ2) is 9.64. The third-order valence-corrected chi connectivity index (χ3v) is 8.99. The van der Waals surface area contributed by atoms with Gasteiger partial charge in [-0.05, 0) is 31.5 Å². The van der Waals surface area contributed by atoms with E-state index in [0.29, 0.717) is 13.0 Å². The number of rotatable bonds is 4. The zero-order chi connectivity index (χ0) is 29.6. The van der Waals surface area contributed by atoms with E-state index in [4.69, 9.17) is 31.5 Å². The maximum atomic E-state index is 16.4. The molecule has 7 rings (SSSR count). The monoisotopic (exact) mass is 612 g/mol. The predicted molar refractivity (Wildman–Crippen MR) is 143 cm³/mol. The summed E-state index contributed by atoms with van der Waals surface area (Å²) in [6.07, 6.45) is -4.59. The molecule has 3 fully saturated rings. The number of halogens is 6. The minimum atomic E-state index is -4.95. The van der Waals surface area contributed by atoms with E-state index in [1.54, 1.807) is 11.9 Å². The van der Waals surface area contributed by atoms with E-state index in [0.717, 1.165) is 31.5 Å². The summed E-state index contributed by atoms with van der Waals surface area (Å²) in [6, 6.07) is 1.35. The number of nitrogen functional groups attached to an aromatic ring is 1. The van der Waals surface area contributed by atoms with Gasteiger partial charge in [-0.15, -0.1) is 0 Å². The number of nitrogens with zero attached hydrogens (tertiary/aromatic N) is 5. The highest BCUT2D eigenvalue weighted by molar-refractivity contribution is 6.32. The lowest BCUT2D eigenvalue weighted by Crippen LogP contribution is -2.44. The molecule has 224 valence electrons. The molecular weight excluding hydrogens is 587 g/mol. The van der Waals surface area contributed by atoms with Crippen molar-refractivity contribution in [1.29, 1.82) is 0 Å². The van der Waals surface area contributed by atoms with Gasteiger partial charge in [-0.2, -0.15) is 23.1 Å². The van der Waals surface area contributed by atoms with Gasteiger partial charge in [-0.3, -0.25) is 4.90 Å². The normalized spacial score (nSPS) is 27.2. The molecule has 2 unspecified atom stereocenters. The average molecular weight is 613 g/mol. The molecule has 0 amide bonds. The third kappa shape index (κ3) is 4.29. The second-order valence-electron chi connectivity index (χ2n) is 11.3. The molecule has 9 nitrogen and oxygen atoms in total. The van der Waals surface area contributed by atoms with Gasteiger partial charge in [-0.1, -0.05) is 11.6 Å². The van der Waals surface area contributed by atoms with E-state index in [1.165, 1.54) is 0 Å². The Kier molecular flexibility index (Phi) is 6.34. The molecule has 1 aromatic carbocycles. The van der Waals surface area contributed by atoms with Gasteiger partial charge < -0.3 is 24.8 Å². The molecule has 4 aliphatic heterocycles. The first kappa shape index (κ1) is 27.6. The van der Waals surface area contributed by atoms with Crippen molar-refractivity contribution in [2.24, 2.45) is 0 Å². The summed E-state index contributed by atoms with van der Waals surface area (Å²) in [5, 5.41) is -0.625. The van der Waals surface area contributed by atoms with Crippen LogP contribution in [0.4, 0.5) is 33.5 Å². The standard InChI is InChI=1S/C27H26ClF5N6O3/c1-38-16-9-40-10-17(16)42-24-18-22(20(30)21(35-24)14-5-13(34)6-15(28)19(14)27(31,32)33)36-25(37-23(18)38)41-11-26-3-2-4-39(26)8-12(29)7-26/h5-6,12,16-17H,2-4,7-11,34H2,1H3/t12-,16?,17?,26+/m1/s1. The SMILES string of the molecule is CN1c2nc(OC[C@@]34CCCN3C[C@H](F)C4)nc3c(F)c(-c4cc(N)cc(Cl)c4C(F)(F)F)nc(c23)OC2COCC21. The van der Waals surface area contributed by atoms with Crippen LogP contribution in [0.5, 0.6) is 11.9 Å². The maximum absolute atomic E-state index is 16.4. The molecule has 6 heterocycles. The molecule has 4 atom stereocenters. The van der Waals surface area contributed by atoms with Crippen LogP contribution in [0.3, 0.4) is 0 Å². The first-order valence-electron chi connectivity index (χ1n) is 13.5. The number of likely N-dealkylation sites (N-methyl/N-ethyl adjacent to an activating group) is 1. The fourth-order valence-corrected chi connectivity index (χ4v) is 7.07. The molecule has 4 aliphatic rings. The molecule has 15 heteroatoms. The average Bonchev–Trinajstić information content (AvgIpc) is 3.59. The summed E-state index contributed by atoms with van der Waals surface area (Å²) in [4.78, 5) is 16.9. The van der Waals surface area contributed by atoms with Crippen molar-refractivity contribution in [3.8, 4) is 23.1 Å². The molecular formula is C27H26ClF5N6O3. The summed E-state index contributed by atoms with van der Waals surface area (Å²) in [5.74, 6) is -1.09. The van der Waals surface area contributed by atoms with Gasteiger partial charge in [0.05, 0.1) is 35.4 Å². The largest absolute Gasteiger partial charge is 0.469 e. The lowest BCUT2D eigenvalue weighted by Gasteiger charge is -2.31. The zero-order valence-electron chi connectivity index (χ0n) is 22.3. The van der Waals surface area contributed by atoms with Gasteiger partial charge >= 0.3 is 12.2 Å². The Bertz CT molecular complexity index is 1590. The van der Waals surface area contributed by atoms with Gasteiger partial charge in [-0.25, -0.2) is 13.8 Å². The Labute approximate surface area is 241 Å². The Balaban J connectivity index is 1.41. The summed E-state index contributed by atoms with van der Waals surface area (Å²) in [5.41, 5.74) is 2.20. The maximum Gasteiger partial charge on any atom is 0.418 e. The van der Waals surface area contributed by atoms with Crippen LogP contribution in [0, 0.1) is 5.82 Å². The van der Waals surface area contributed by atoms with Crippen molar-refractivity contribution < 1.29 is 36.2 Å². The topological polar surface area (TPSA) is 98.9 Å². The second-order valence-corrected chi connectivity index (χ2v) is 11.7. The Morgan fingerprint density at radius 3 is 2.81 bits per heavy atom. The van der Waals surface area contributed by atoms with Crippen LogP contribution in [-0.2, 0) is 10.9 Å². The molecule has 2 N–H and O–H groups in total. The van der Waals surface area contributed by atoms with Gasteiger partial charge in [0.1, 0.15) is 41.3 Å². The minimum Gasteiger partial charge on any atom is -0.469 e. The highest BCUT2D eigenvalue weighted by Gasteiger charge is 2.49. The van der Waals surface area contributed by atoms with Crippen LogP contribution >= 0.6 is 11.6 Å². The lowest BCUT2D eigenvalue weighted by atomic mass is 9.95. The van der Waals surface area contributed by atoms with E-state index in [9.17, 15) is 17.6 Å². The summed E-state index contributed by atoms with van der Waals surface area (Å²) in [6.45, 7) is 1.58. The van der Waals surface area contributed by atoms with Crippen LogP contribution in [0.2, 0.25) is 5.02 Å². The number of anilines is 2. The van der Waals surface area contributed by atoms with Crippen molar-refractivity contribution in [2.75, 3.05) is 50.6 Å². The van der Waals surface area contributed by atoms with Gasteiger partial charge in [0, 0.05) is 31.3 Å². The number of alkyl halides is 4. The lowest BCUT2D eigenvalue weighted by molar-refractivity contribution is -0.137. The first-order valence-corrected chi connectivity index (χ1v) is 13.9. The number of pyridine rings is 1. The summed E-state index contributed by atoms with van der Waals surface area (Å²) < 4.78 is 91.0. The zero-order valence-corrected chi connectivity index (χ0v) is 23.1. The minimum absolute atomic E-state index is 0.0726. The number of aromatic nitrogens is 3. The Hall–Kier alpha value is -3.23. The number of hydrogen-bond acceptors (Lipinski definition) is 9. The van der Waals surface area contributed by atoms with E-state index >= 15 is 4.39 Å². The molecule has 42 heavy (non-hydrogen) atoms. The van der Waals surface area contributed by atoms with Crippen molar-refractivity contribution >= 4 is 34.0 Å². The predicted octanol–water partition coefficient (Wildman–Crippen LogP) is 4.64. The van der Waals surface area contributed by atoms with E-state index in [-0.39, 0.29) is 60.2 Å². The van der Waals surface area contributed by atoms with Crippen LogP contribution in [-0.4, -0.2) is 83.7 Å². The molecule has 0 radical (unpaired) electrons. The van der Waals surface area contributed by atoms with Crippen LogP contribution in [0.15, 0.2) is 12.1 Å². The molecule has 0 aliphatic carbocycles. The number of nitrogens with two attached hydrogens (primary N) is 1. The molecule has 0 spiro atoms. The first-order chi connectivity index (χ1) is 19.9. The number of ether oxygens (including phenoxy) is 3. The summed E-state index contributed by atoms with van der Waals surface area (Å²) in [7, 11) is 1.73. The molecule has 0 bridgehead atoms. The fraction of sp³-hybridized carbons (Fsp3) is 0.519. The van der Waals surface area contributed by atoms with Crippen molar-refractivity contribution in [3.63, 3.8) is 0 Å². The smallest absolute Gasteiger partial charge is 0.418 e. The van der Waals surface area contributed by atoms with Crippen LogP contribution < -0.4 is 20.1 Å². The number of hydrogen-bond donors (Lipinski definition) is 1. The summed E-state index contributed by atoms with van der Waals surface area (Å²) >= 11 is 5.97. The Morgan fingerprint density at radius 1 is 1.21 bits per heavy atom. The van der Waals surface area contributed by atoms with Crippen LogP contribution in [0.1, 0.15) is 24.8 Å².